The number of carbonyl (C=O) groups excluding carboxylic acids is 3. The van der Waals surface area contributed by atoms with E-state index >= 15 is 0 Å². The maximum absolute atomic E-state index is 13.0. The van der Waals surface area contributed by atoms with Gasteiger partial charge in [-0.15, -0.1) is 11.3 Å². The number of hydrogen-bond donors (Lipinski definition) is 0. The Hall–Kier alpha value is -1.97. The van der Waals surface area contributed by atoms with Gasteiger partial charge in [0.15, 0.2) is 0 Å². The summed E-state index contributed by atoms with van der Waals surface area (Å²) in [6.45, 7) is 5.93. The van der Waals surface area contributed by atoms with Crippen LogP contribution in [-0.2, 0) is 32.0 Å². The highest BCUT2D eigenvalue weighted by atomic mass is 32.1. The molecule has 0 N–H and O–H groups in total. The zero-order chi connectivity index (χ0) is 21.3. The summed E-state index contributed by atoms with van der Waals surface area (Å²) < 4.78 is 10.4. The largest absolute Gasteiger partial charge is 0.384 e. The highest BCUT2D eigenvalue weighted by Crippen LogP contribution is 2.41. The summed E-state index contributed by atoms with van der Waals surface area (Å²) >= 11 is 1.44. The number of methoxy groups -OCH3 is 2. The third kappa shape index (κ3) is 4.04. The Bertz CT molecular complexity index is 819. The number of fused-ring (bicyclic) bond motifs is 3. The Kier molecular flexibility index (Phi) is 6.30. The van der Waals surface area contributed by atoms with E-state index in [0.717, 1.165) is 10.4 Å². The molecule has 0 radical (unpaired) electrons. The van der Waals surface area contributed by atoms with Gasteiger partial charge in [-0.1, -0.05) is 0 Å². The minimum absolute atomic E-state index is 0.0318. The molecule has 29 heavy (non-hydrogen) atoms. The molecule has 3 heterocycles. The fourth-order valence-corrected chi connectivity index (χ4v) is 5.29. The van der Waals surface area contributed by atoms with Crippen LogP contribution in [0.2, 0.25) is 0 Å². The van der Waals surface area contributed by atoms with Gasteiger partial charge in [-0.25, -0.2) is 0 Å². The SMILES string of the molecule is COCCN1C(=O)CN(C)C(=O)c2c1sc1c2CCN(C(=O)C(C)(C)COC)C1. The Morgan fingerprint density at radius 1 is 1.17 bits per heavy atom. The predicted molar refractivity (Wildman–Crippen MR) is 110 cm³/mol. The molecular formula is C20H29N3O5S. The van der Waals surface area contributed by atoms with Crippen LogP contribution in [-0.4, -0.2) is 81.6 Å². The number of likely N-dealkylation sites (N-methyl/N-ethyl adjacent to an activating group) is 1. The summed E-state index contributed by atoms with van der Waals surface area (Å²) in [6.07, 6.45) is 0.599. The van der Waals surface area contributed by atoms with E-state index in [2.05, 4.69) is 0 Å². The molecule has 0 aromatic carbocycles. The number of ether oxygens (including phenoxy) is 2. The van der Waals surface area contributed by atoms with Gasteiger partial charge in [-0.2, -0.15) is 0 Å². The van der Waals surface area contributed by atoms with E-state index in [9.17, 15) is 14.4 Å². The molecule has 0 aliphatic carbocycles. The molecular weight excluding hydrogens is 394 g/mol. The highest BCUT2D eigenvalue weighted by Gasteiger charge is 2.39. The van der Waals surface area contributed by atoms with Crippen LogP contribution in [0, 0.1) is 5.41 Å². The lowest BCUT2D eigenvalue weighted by atomic mass is 9.91. The van der Waals surface area contributed by atoms with Gasteiger partial charge >= 0.3 is 0 Å². The van der Waals surface area contributed by atoms with Gasteiger partial charge in [-0.05, 0) is 25.8 Å². The molecule has 3 amide bonds. The fourth-order valence-electron chi connectivity index (χ4n) is 3.90. The quantitative estimate of drug-likeness (QED) is 0.691. The van der Waals surface area contributed by atoms with Gasteiger partial charge in [0.05, 0.1) is 37.3 Å². The van der Waals surface area contributed by atoms with Crippen LogP contribution in [0.25, 0.3) is 0 Å². The first-order valence-electron chi connectivity index (χ1n) is 9.69. The summed E-state index contributed by atoms with van der Waals surface area (Å²) in [5.41, 5.74) is 0.960. The first kappa shape index (κ1) is 21.7. The number of hydrogen-bond acceptors (Lipinski definition) is 6. The second kappa shape index (κ2) is 8.41. The predicted octanol–water partition coefficient (Wildman–Crippen LogP) is 1.37. The van der Waals surface area contributed by atoms with Crippen molar-refractivity contribution < 1.29 is 23.9 Å². The van der Waals surface area contributed by atoms with Gasteiger partial charge in [-0.3, -0.25) is 19.3 Å². The molecule has 0 saturated heterocycles. The van der Waals surface area contributed by atoms with Crippen molar-refractivity contribution in [1.29, 1.82) is 0 Å². The normalized spacial score (nSPS) is 17.3. The van der Waals surface area contributed by atoms with Gasteiger partial charge < -0.3 is 19.3 Å². The van der Waals surface area contributed by atoms with Crippen LogP contribution < -0.4 is 4.90 Å². The Balaban J connectivity index is 1.96. The van der Waals surface area contributed by atoms with E-state index in [1.54, 1.807) is 26.2 Å². The molecule has 1 aromatic heterocycles. The van der Waals surface area contributed by atoms with Crippen LogP contribution in [0.5, 0.6) is 0 Å². The summed E-state index contributed by atoms with van der Waals surface area (Å²) in [6, 6.07) is 0. The van der Waals surface area contributed by atoms with Crippen LogP contribution in [0.4, 0.5) is 5.00 Å². The number of anilines is 1. The van der Waals surface area contributed by atoms with E-state index in [1.165, 1.54) is 16.2 Å². The third-order valence-electron chi connectivity index (χ3n) is 5.41. The molecule has 0 fully saturated rings. The summed E-state index contributed by atoms with van der Waals surface area (Å²) in [5.74, 6) is -0.223. The van der Waals surface area contributed by atoms with E-state index in [0.29, 0.717) is 49.8 Å². The fraction of sp³-hybridized carbons (Fsp3) is 0.650. The van der Waals surface area contributed by atoms with Gasteiger partial charge in [0.1, 0.15) is 11.5 Å². The maximum atomic E-state index is 13.0. The van der Waals surface area contributed by atoms with Gasteiger partial charge in [0.25, 0.3) is 5.91 Å². The smallest absolute Gasteiger partial charge is 0.257 e. The van der Waals surface area contributed by atoms with Crippen molar-refractivity contribution in [3.05, 3.63) is 16.0 Å². The topological polar surface area (TPSA) is 79.4 Å². The van der Waals surface area contributed by atoms with Crippen molar-refractivity contribution in [2.24, 2.45) is 5.41 Å². The third-order valence-corrected chi connectivity index (χ3v) is 6.65. The lowest BCUT2D eigenvalue weighted by molar-refractivity contribution is -0.144. The lowest BCUT2D eigenvalue weighted by Gasteiger charge is -2.34. The molecule has 0 bridgehead atoms. The monoisotopic (exact) mass is 423 g/mol. The molecule has 2 aliphatic heterocycles. The van der Waals surface area contributed by atoms with E-state index in [1.807, 2.05) is 18.7 Å². The zero-order valence-corrected chi connectivity index (χ0v) is 18.6. The molecule has 0 atom stereocenters. The number of amides is 3. The minimum Gasteiger partial charge on any atom is -0.384 e. The average Bonchev–Trinajstić information content (AvgIpc) is 3.01. The van der Waals surface area contributed by atoms with Crippen LogP contribution in [0.1, 0.15) is 34.6 Å². The molecule has 8 nitrogen and oxygen atoms in total. The minimum atomic E-state index is -0.614. The van der Waals surface area contributed by atoms with Crippen molar-refractivity contribution in [1.82, 2.24) is 9.80 Å². The molecule has 3 rings (SSSR count). The van der Waals surface area contributed by atoms with Crippen LogP contribution in [0.15, 0.2) is 0 Å². The van der Waals surface area contributed by atoms with Crippen molar-refractivity contribution in [2.45, 2.75) is 26.8 Å². The maximum Gasteiger partial charge on any atom is 0.257 e. The van der Waals surface area contributed by atoms with E-state index < -0.39 is 5.41 Å². The molecule has 0 spiro atoms. The number of carbonyl (C=O) groups is 3. The lowest BCUT2D eigenvalue weighted by Crippen LogP contribution is -2.45. The second-order valence-corrected chi connectivity index (χ2v) is 9.26. The van der Waals surface area contributed by atoms with E-state index in [4.69, 9.17) is 9.47 Å². The first-order chi connectivity index (χ1) is 13.7. The van der Waals surface area contributed by atoms with Gasteiger partial charge in [0, 0.05) is 32.7 Å². The van der Waals surface area contributed by atoms with Crippen LogP contribution in [0.3, 0.4) is 0 Å². The van der Waals surface area contributed by atoms with Crippen LogP contribution >= 0.6 is 11.3 Å². The number of thiophene rings is 1. The van der Waals surface area contributed by atoms with Crippen molar-refractivity contribution >= 4 is 34.1 Å². The molecule has 0 unspecified atom stereocenters. The second-order valence-electron chi connectivity index (χ2n) is 8.18. The molecule has 1 aromatic rings. The number of nitrogens with zero attached hydrogens (tertiary/aromatic N) is 3. The van der Waals surface area contributed by atoms with Crippen molar-refractivity contribution in [2.75, 3.05) is 59.0 Å². The van der Waals surface area contributed by atoms with Crippen molar-refractivity contribution in [3.63, 3.8) is 0 Å². The Morgan fingerprint density at radius 2 is 1.90 bits per heavy atom. The van der Waals surface area contributed by atoms with Gasteiger partial charge in [0.2, 0.25) is 11.8 Å². The molecule has 160 valence electrons. The Labute approximate surface area is 175 Å². The molecule has 0 saturated carbocycles. The summed E-state index contributed by atoms with van der Waals surface area (Å²) in [5, 5.41) is 0.678. The molecule has 2 aliphatic rings. The van der Waals surface area contributed by atoms with Crippen molar-refractivity contribution in [3.8, 4) is 0 Å². The number of rotatable bonds is 6. The summed E-state index contributed by atoms with van der Waals surface area (Å²) in [4.78, 5) is 44.7. The highest BCUT2D eigenvalue weighted by molar-refractivity contribution is 7.17. The molecule has 9 heteroatoms. The standard InChI is InChI=1S/C20H29N3O5S/c1-20(2,12-28-5)19(26)22-7-6-13-14(10-22)29-18-16(13)17(25)21(3)11-15(24)23(18)8-9-27-4/h6-12H2,1-5H3. The van der Waals surface area contributed by atoms with E-state index in [-0.39, 0.29) is 24.3 Å². The Morgan fingerprint density at radius 3 is 2.55 bits per heavy atom. The average molecular weight is 424 g/mol. The summed E-state index contributed by atoms with van der Waals surface area (Å²) in [7, 11) is 4.83. The zero-order valence-electron chi connectivity index (χ0n) is 17.7. The first-order valence-corrected chi connectivity index (χ1v) is 10.5.